The van der Waals surface area contributed by atoms with Crippen LogP contribution in [-0.4, -0.2) is 58.6 Å². The molecule has 3 rings (SSSR count). The van der Waals surface area contributed by atoms with Gasteiger partial charge in [0.15, 0.2) is 0 Å². The SMILES string of the molecule is Cc1ccccc1C1C(N(C)C(=O)O)CCCN1C(=O)N(C)C(C)c1cc(C(F)(F)F)cc(C(F)(F)F)c1. The molecule has 0 aromatic heterocycles. The number of amides is 3. The molecule has 1 saturated heterocycles. The first-order valence-corrected chi connectivity index (χ1v) is 11.9. The Morgan fingerprint density at radius 2 is 1.55 bits per heavy atom. The third-order valence-corrected chi connectivity index (χ3v) is 7.13. The minimum atomic E-state index is -5.02. The molecule has 0 saturated carbocycles. The number of hydrogen-bond acceptors (Lipinski definition) is 2. The van der Waals surface area contributed by atoms with E-state index in [0.717, 1.165) is 15.4 Å². The summed E-state index contributed by atoms with van der Waals surface area (Å²) in [7, 11) is 2.71. The molecule has 2 aromatic carbocycles. The van der Waals surface area contributed by atoms with Gasteiger partial charge in [0.25, 0.3) is 0 Å². The van der Waals surface area contributed by atoms with Crippen molar-refractivity contribution in [1.82, 2.24) is 14.7 Å². The minimum absolute atomic E-state index is 0.0449. The highest BCUT2D eigenvalue weighted by Gasteiger charge is 2.42. The summed E-state index contributed by atoms with van der Waals surface area (Å²) in [5.41, 5.74) is -1.74. The second kappa shape index (κ2) is 10.7. The lowest BCUT2D eigenvalue weighted by atomic mass is 9.87. The second-order valence-electron chi connectivity index (χ2n) is 9.51. The molecule has 0 spiro atoms. The highest BCUT2D eigenvalue weighted by Crippen LogP contribution is 2.40. The van der Waals surface area contributed by atoms with Crippen molar-refractivity contribution in [1.29, 1.82) is 0 Å². The zero-order chi connectivity index (χ0) is 28.6. The van der Waals surface area contributed by atoms with E-state index in [2.05, 4.69) is 0 Å². The third kappa shape index (κ3) is 5.99. The number of carbonyl (C=O) groups excluding carboxylic acids is 1. The number of alkyl halides is 6. The van der Waals surface area contributed by atoms with Crippen LogP contribution in [0, 0.1) is 6.92 Å². The number of benzene rings is 2. The molecular weight excluding hydrogens is 516 g/mol. The van der Waals surface area contributed by atoms with E-state index >= 15 is 0 Å². The molecule has 1 N–H and O–H groups in total. The predicted octanol–water partition coefficient (Wildman–Crippen LogP) is 6.96. The number of aryl methyl sites for hydroxylation is 1. The first kappa shape index (κ1) is 29.1. The molecule has 3 amide bonds. The summed E-state index contributed by atoms with van der Waals surface area (Å²) in [6.07, 6.45) is -10.3. The quantitative estimate of drug-likeness (QED) is 0.423. The van der Waals surface area contributed by atoms with Gasteiger partial charge < -0.3 is 19.8 Å². The van der Waals surface area contributed by atoms with Gasteiger partial charge in [-0.15, -0.1) is 0 Å². The average molecular weight is 546 g/mol. The van der Waals surface area contributed by atoms with Gasteiger partial charge in [0, 0.05) is 20.6 Å². The van der Waals surface area contributed by atoms with Crippen molar-refractivity contribution in [2.75, 3.05) is 20.6 Å². The van der Waals surface area contributed by atoms with E-state index in [0.29, 0.717) is 30.5 Å². The number of hydrogen-bond donors (Lipinski definition) is 1. The van der Waals surface area contributed by atoms with Crippen LogP contribution < -0.4 is 0 Å². The number of likely N-dealkylation sites (N-methyl/N-ethyl adjacent to an activating group) is 1. The molecule has 6 nitrogen and oxygen atoms in total. The molecule has 0 bridgehead atoms. The Hall–Kier alpha value is -3.44. The smallest absolute Gasteiger partial charge is 0.416 e. The summed E-state index contributed by atoms with van der Waals surface area (Å²) in [6.45, 7) is 3.40. The zero-order valence-corrected chi connectivity index (χ0v) is 21.3. The fourth-order valence-corrected chi connectivity index (χ4v) is 4.84. The van der Waals surface area contributed by atoms with Crippen molar-refractivity contribution in [3.63, 3.8) is 0 Å². The van der Waals surface area contributed by atoms with Gasteiger partial charge >= 0.3 is 24.5 Å². The summed E-state index contributed by atoms with van der Waals surface area (Å²) in [5, 5.41) is 9.65. The standard InChI is InChI=1S/C26H29F6N3O3/c1-15-8-5-6-9-20(15)22-21(34(4)24(37)38)10-7-11-35(22)23(36)33(3)16(2)17-12-18(25(27,28)29)14-19(13-17)26(30,31)32/h5-6,8-9,12-14,16,21-22H,7,10-11H2,1-4H3,(H,37,38). The lowest BCUT2D eigenvalue weighted by molar-refractivity contribution is -0.143. The maximum Gasteiger partial charge on any atom is 0.416 e. The van der Waals surface area contributed by atoms with E-state index in [1.54, 1.807) is 18.2 Å². The van der Waals surface area contributed by atoms with Crippen LogP contribution in [0.4, 0.5) is 35.9 Å². The number of likely N-dealkylation sites (tertiary alicyclic amines) is 1. The Labute approximate surface area is 216 Å². The summed E-state index contributed by atoms with van der Waals surface area (Å²) in [6, 6.07) is 5.30. The summed E-state index contributed by atoms with van der Waals surface area (Å²) in [4.78, 5) is 29.2. The van der Waals surface area contributed by atoms with Crippen molar-refractivity contribution in [3.8, 4) is 0 Å². The minimum Gasteiger partial charge on any atom is -0.465 e. The summed E-state index contributed by atoms with van der Waals surface area (Å²) < 4.78 is 80.4. The van der Waals surface area contributed by atoms with Gasteiger partial charge in [0.1, 0.15) is 0 Å². The molecule has 0 aliphatic carbocycles. The van der Waals surface area contributed by atoms with E-state index in [4.69, 9.17) is 0 Å². The molecule has 1 aliphatic heterocycles. The molecule has 1 heterocycles. The van der Waals surface area contributed by atoms with Crippen LogP contribution in [0.25, 0.3) is 0 Å². The first-order chi connectivity index (χ1) is 17.5. The fourth-order valence-electron chi connectivity index (χ4n) is 4.84. The summed E-state index contributed by atoms with van der Waals surface area (Å²) >= 11 is 0. The van der Waals surface area contributed by atoms with Crippen LogP contribution in [-0.2, 0) is 12.4 Å². The van der Waals surface area contributed by atoms with E-state index in [9.17, 15) is 41.0 Å². The highest BCUT2D eigenvalue weighted by molar-refractivity contribution is 5.76. The largest absolute Gasteiger partial charge is 0.465 e. The Balaban J connectivity index is 2.03. The second-order valence-corrected chi connectivity index (χ2v) is 9.51. The van der Waals surface area contributed by atoms with Crippen molar-refractivity contribution in [2.24, 2.45) is 0 Å². The van der Waals surface area contributed by atoms with Crippen LogP contribution in [0.15, 0.2) is 42.5 Å². The Morgan fingerprint density at radius 1 is 1.00 bits per heavy atom. The van der Waals surface area contributed by atoms with Crippen LogP contribution in [0.3, 0.4) is 0 Å². The topological polar surface area (TPSA) is 64.1 Å². The number of nitrogens with zero attached hydrogens (tertiary/aromatic N) is 3. The van der Waals surface area contributed by atoms with Crippen LogP contribution in [0.2, 0.25) is 0 Å². The number of halogens is 6. The van der Waals surface area contributed by atoms with Crippen LogP contribution in [0.5, 0.6) is 0 Å². The van der Waals surface area contributed by atoms with E-state index in [1.165, 1.54) is 25.9 Å². The van der Waals surface area contributed by atoms with Crippen LogP contribution >= 0.6 is 0 Å². The highest BCUT2D eigenvalue weighted by atomic mass is 19.4. The van der Waals surface area contributed by atoms with Crippen molar-refractivity contribution in [2.45, 2.75) is 57.2 Å². The monoisotopic (exact) mass is 545 g/mol. The molecule has 12 heteroatoms. The van der Waals surface area contributed by atoms with Gasteiger partial charge in [0.05, 0.1) is 29.3 Å². The molecule has 2 aromatic rings. The maximum atomic E-state index is 13.8. The lowest BCUT2D eigenvalue weighted by Gasteiger charge is -2.46. The first-order valence-electron chi connectivity index (χ1n) is 11.9. The van der Waals surface area contributed by atoms with Gasteiger partial charge in [-0.1, -0.05) is 24.3 Å². The average Bonchev–Trinajstić information content (AvgIpc) is 2.85. The number of carboxylic acid groups (broad SMARTS) is 1. The van der Waals surface area contributed by atoms with Crippen molar-refractivity contribution >= 4 is 12.1 Å². The van der Waals surface area contributed by atoms with Gasteiger partial charge in [-0.05, 0) is 61.6 Å². The molecule has 1 aliphatic rings. The Kier molecular flexibility index (Phi) is 8.23. The van der Waals surface area contributed by atoms with Gasteiger partial charge in [0.2, 0.25) is 0 Å². The molecule has 3 unspecified atom stereocenters. The van der Waals surface area contributed by atoms with E-state index < -0.39 is 53.7 Å². The number of piperidine rings is 1. The van der Waals surface area contributed by atoms with Crippen molar-refractivity contribution < 1.29 is 41.0 Å². The number of carbonyl (C=O) groups is 2. The normalized spacial score (nSPS) is 19.2. The van der Waals surface area contributed by atoms with E-state index in [-0.39, 0.29) is 18.2 Å². The molecule has 38 heavy (non-hydrogen) atoms. The van der Waals surface area contributed by atoms with Crippen LogP contribution in [0.1, 0.15) is 59.7 Å². The Morgan fingerprint density at radius 3 is 2.05 bits per heavy atom. The molecule has 3 atom stereocenters. The molecule has 0 radical (unpaired) electrons. The van der Waals surface area contributed by atoms with Gasteiger partial charge in [-0.25, -0.2) is 9.59 Å². The Bertz CT molecular complexity index is 1150. The molecule has 208 valence electrons. The van der Waals surface area contributed by atoms with Crippen molar-refractivity contribution in [3.05, 3.63) is 70.3 Å². The maximum absolute atomic E-state index is 13.8. The fraction of sp³-hybridized carbons (Fsp3) is 0.462. The number of urea groups is 1. The zero-order valence-electron chi connectivity index (χ0n) is 21.3. The third-order valence-electron chi connectivity index (χ3n) is 7.13. The number of rotatable bonds is 4. The molecular formula is C26H29F6N3O3. The van der Waals surface area contributed by atoms with Gasteiger partial charge in [-0.3, -0.25) is 0 Å². The van der Waals surface area contributed by atoms with E-state index in [1.807, 2.05) is 13.0 Å². The molecule has 1 fully saturated rings. The predicted molar refractivity (Wildman–Crippen MR) is 127 cm³/mol. The lowest BCUT2D eigenvalue weighted by Crippen LogP contribution is -2.55. The van der Waals surface area contributed by atoms with Gasteiger partial charge in [-0.2, -0.15) is 26.3 Å². The summed E-state index contributed by atoms with van der Waals surface area (Å²) in [5.74, 6) is 0.